The van der Waals surface area contributed by atoms with Crippen molar-refractivity contribution < 1.29 is 18.3 Å². The molecule has 1 aromatic heterocycles. The quantitative estimate of drug-likeness (QED) is 0.890. The van der Waals surface area contributed by atoms with Gasteiger partial charge in [0.25, 0.3) is 5.91 Å². The van der Waals surface area contributed by atoms with Crippen LogP contribution in [0.3, 0.4) is 0 Å². The molecule has 0 radical (unpaired) electrons. The fourth-order valence-corrected chi connectivity index (χ4v) is 3.42. The first-order valence-electron chi connectivity index (χ1n) is 8.93. The van der Waals surface area contributed by atoms with Crippen LogP contribution in [0.15, 0.2) is 24.4 Å². The molecule has 2 fully saturated rings. The molecule has 1 N–H and O–H groups in total. The normalized spacial score (nSPS) is 22.6. The molecule has 1 saturated heterocycles. The zero-order valence-corrected chi connectivity index (χ0v) is 14.5. The van der Waals surface area contributed by atoms with Crippen LogP contribution in [0.1, 0.15) is 47.0 Å². The molecule has 26 heavy (non-hydrogen) atoms. The summed E-state index contributed by atoms with van der Waals surface area (Å²) in [4.78, 5) is 12.5. The van der Waals surface area contributed by atoms with Gasteiger partial charge in [-0.25, -0.2) is 8.78 Å². The summed E-state index contributed by atoms with van der Waals surface area (Å²) in [5, 5.41) is 7.11. The van der Waals surface area contributed by atoms with Crippen molar-refractivity contribution in [3.63, 3.8) is 0 Å². The highest BCUT2D eigenvalue weighted by atomic mass is 19.1. The molecular formula is C19H21F2N3O2. The average Bonchev–Trinajstić information content (AvgIpc) is 3.11. The van der Waals surface area contributed by atoms with E-state index < -0.39 is 23.1 Å². The van der Waals surface area contributed by atoms with Gasteiger partial charge in [0.1, 0.15) is 23.3 Å². The smallest absolute Gasteiger partial charge is 0.257 e. The predicted molar refractivity (Wildman–Crippen MR) is 90.6 cm³/mol. The molecule has 0 spiro atoms. The third-order valence-corrected chi connectivity index (χ3v) is 5.09. The zero-order valence-electron chi connectivity index (χ0n) is 14.5. The van der Waals surface area contributed by atoms with Crippen LogP contribution in [-0.4, -0.2) is 28.3 Å². The van der Waals surface area contributed by atoms with E-state index in [0.717, 1.165) is 18.3 Å². The van der Waals surface area contributed by atoms with Gasteiger partial charge >= 0.3 is 0 Å². The van der Waals surface area contributed by atoms with E-state index in [1.165, 1.54) is 25.8 Å². The summed E-state index contributed by atoms with van der Waals surface area (Å²) < 4.78 is 35.9. The van der Waals surface area contributed by atoms with Gasteiger partial charge in [-0.1, -0.05) is 6.07 Å². The Morgan fingerprint density at radius 1 is 1.31 bits per heavy atom. The molecule has 0 bridgehead atoms. The average molecular weight is 361 g/mol. The van der Waals surface area contributed by atoms with Gasteiger partial charge in [-0.3, -0.25) is 9.48 Å². The number of rotatable bonds is 5. The van der Waals surface area contributed by atoms with E-state index >= 15 is 0 Å². The first-order chi connectivity index (χ1) is 12.5. The maximum absolute atomic E-state index is 14.2. The Bertz CT molecular complexity index is 832. The minimum atomic E-state index is -0.861. The highest BCUT2D eigenvalue weighted by Gasteiger charge is 2.35. The van der Waals surface area contributed by atoms with Crippen molar-refractivity contribution in [2.24, 2.45) is 5.92 Å². The third kappa shape index (κ3) is 3.23. The molecule has 1 saturated carbocycles. The van der Waals surface area contributed by atoms with Crippen molar-refractivity contribution in [2.75, 3.05) is 6.61 Å². The number of aromatic nitrogens is 2. The lowest BCUT2D eigenvalue weighted by Gasteiger charge is -2.21. The van der Waals surface area contributed by atoms with Crippen molar-refractivity contribution in [3.8, 4) is 0 Å². The Kier molecular flexibility index (Phi) is 4.48. The van der Waals surface area contributed by atoms with Gasteiger partial charge in [-0.15, -0.1) is 0 Å². The number of benzene rings is 1. The number of carbonyl (C=O) groups is 1. The molecule has 1 amide bonds. The van der Waals surface area contributed by atoms with E-state index in [9.17, 15) is 13.6 Å². The lowest BCUT2D eigenvalue weighted by Crippen LogP contribution is -2.38. The third-order valence-electron chi connectivity index (χ3n) is 5.09. The van der Waals surface area contributed by atoms with Crippen LogP contribution in [-0.2, 0) is 11.3 Å². The van der Waals surface area contributed by atoms with E-state index in [0.29, 0.717) is 18.9 Å². The number of aryl methyl sites for hydroxylation is 1. The van der Waals surface area contributed by atoms with Crippen LogP contribution < -0.4 is 5.32 Å². The largest absolute Gasteiger partial charge is 0.370 e. The maximum atomic E-state index is 14.2. The van der Waals surface area contributed by atoms with Crippen LogP contribution in [0.2, 0.25) is 0 Å². The number of nitrogens with one attached hydrogen (secondary N) is 1. The van der Waals surface area contributed by atoms with Crippen LogP contribution in [0.25, 0.3) is 0 Å². The monoisotopic (exact) mass is 361 g/mol. The van der Waals surface area contributed by atoms with Gasteiger partial charge in [0.05, 0.1) is 11.7 Å². The predicted octanol–water partition coefficient (Wildman–Crippen LogP) is 3.14. The first kappa shape index (κ1) is 17.1. The molecule has 2 heterocycles. The molecule has 1 aromatic carbocycles. The van der Waals surface area contributed by atoms with Gasteiger partial charge in [-0.05, 0) is 49.8 Å². The summed E-state index contributed by atoms with van der Waals surface area (Å²) in [5.41, 5.74) is 0.588. The van der Waals surface area contributed by atoms with E-state index in [2.05, 4.69) is 10.4 Å². The van der Waals surface area contributed by atoms with E-state index in [-0.39, 0.29) is 17.7 Å². The standard InChI is InChI=1S/C19H21F2N3O2/c1-11-2-5-13(20)16(17(11)21)19(25)23-14-7-9-26-18(14)15-6-8-22-24(15)10-12-3-4-12/h2,5-6,8,12,14,18H,3-4,7,9-10H2,1H3,(H,23,25)/t14-,18-/m1/s1. The van der Waals surface area contributed by atoms with Crippen molar-refractivity contribution >= 4 is 5.91 Å². The molecule has 4 rings (SSSR count). The lowest BCUT2D eigenvalue weighted by molar-refractivity contribution is 0.0781. The molecule has 2 atom stereocenters. The Morgan fingerprint density at radius 2 is 2.12 bits per heavy atom. The summed E-state index contributed by atoms with van der Waals surface area (Å²) in [7, 11) is 0. The Hall–Kier alpha value is -2.28. The van der Waals surface area contributed by atoms with Crippen LogP contribution in [0.4, 0.5) is 8.78 Å². The van der Waals surface area contributed by atoms with Gasteiger partial charge < -0.3 is 10.1 Å². The van der Waals surface area contributed by atoms with E-state index in [1.807, 2.05) is 10.7 Å². The summed E-state index contributed by atoms with van der Waals surface area (Å²) in [6.45, 7) is 2.82. The number of carbonyl (C=O) groups excluding carboxylic acids is 1. The molecule has 138 valence electrons. The van der Waals surface area contributed by atoms with E-state index in [4.69, 9.17) is 4.74 Å². The number of nitrogens with zero attached hydrogens (tertiary/aromatic N) is 2. The van der Waals surface area contributed by atoms with Crippen molar-refractivity contribution in [3.05, 3.63) is 52.9 Å². The Balaban J connectivity index is 1.53. The van der Waals surface area contributed by atoms with Gasteiger partial charge in [0.15, 0.2) is 0 Å². The second-order valence-electron chi connectivity index (χ2n) is 7.09. The molecule has 2 aromatic rings. The molecular weight excluding hydrogens is 340 g/mol. The fourth-order valence-electron chi connectivity index (χ4n) is 3.42. The van der Waals surface area contributed by atoms with Crippen molar-refractivity contribution in [1.82, 2.24) is 15.1 Å². The van der Waals surface area contributed by atoms with Gasteiger partial charge in [-0.2, -0.15) is 5.10 Å². The number of halogens is 2. The molecule has 2 aliphatic rings. The maximum Gasteiger partial charge on any atom is 0.257 e. The zero-order chi connectivity index (χ0) is 18.3. The summed E-state index contributed by atoms with van der Waals surface area (Å²) in [6.07, 6.45) is 4.35. The second-order valence-corrected chi connectivity index (χ2v) is 7.09. The molecule has 5 nitrogen and oxygen atoms in total. The molecule has 0 unspecified atom stereocenters. The van der Waals surface area contributed by atoms with Gasteiger partial charge in [0, 0.05) is 19.3 Å². The minimum Gasteiger partial charge on any atom is -0.370 e. The summed E-state index contributed by atoms with van der Waals surface area (Å²) in [5.74, 6) is -1.78. The fraction of sp³-hybridized carbons (Fsp3) is 0.474. The van der Waals surface area contributed by atoms with Crippen LogP contribution in [0.5, 0.6) is 0 Å². The number of hydrogen-bond acceptors (Lipinski definition) is 3. The van der Waals surface area contributed by atoms with Gasteiger partial charge in [0.2, 0.25) is 0 Å². The molecule has 1 aliphatic carbocycles. The second kappa shape index (κ2) is 6.79. The summed E-state index contributed by atoms with van der Waals surface area (Å²) >= 11 is 0. The van der Waals surface area contributed by atoms with Crippen LogP contribution >= 0.6 is 0 Å². The number of ether oxygens (including phenoxy) is 1. The number of hydrogen-bond donors (Lipinski definition) is 1. The minimum absolute atomic E-state index is 0.235. The topological polar surface area (TPSA) is 56.1 Å². The Morgan fingerprint density at radius 3 is 2.88 bits per heavy atom. The molecule has 1 aliphatic heterocycles. The highest BCUT2D eigenvalue weighted by Crippen LogP contribution is 2.34. The first-order valence-corrected chi connectivity index (χ1v) is 8.93. The highest BCUT2D eigenvalue weighted by molar-refractivity contribution is 5.95. The number of amides is 1. The van der Waals surface area contributed by atoms with Crippen molar-refractivity contribution in [2.45, 2.75) is 44.9 Å². The molecule has 7 heteroatoms. The lowest BCUT2D eigenvalue weighted by atomic mass is 10.0. The summed E-state index contributed by atoms with van der Waals surface area (Å²) in [6, 6.07) is 3.96. The van der Waals surface area contributed by atoms with E-state index in [1.54, 1.807) is 6.20 Å². The Labute approximate surface area is 150 Å². The SMILES string of the molecule is Cc1ccc(F)c(C(=O)N[C@@H]2CCO[C@H]2c2ccnn2CC2CC2)c1F. The van der Waals surface area contributed by atoms with Crippen molar-refractivity contribution in [1.29, 1.82) is 0 Å². The van der Waals surface area contributed by atoms with Crippen LogP contribution in [0, 0.1) is 24.5 Å².